The summed E-state index contributed by atoms with van der Waals surface area (Å²) in [6, 6.07) is 0. The molecule has 22 heavy (non-hydrogen) atoms. The highest BCUT2D eigenvalue weighted by atomic mass is 28.4. The first-order valence-corrected chi connectivity index (χ1v) is 10.5. The lowest BCUT2D eigenvalue weighted by molar-refractivity contribution is -0.0343. The summed E-state index contributed by atoms with van der Waals surface area (Å²) in [5.74, 6) is 8.00. The van der Waals surface area contributed by atoms with Gasteiger partial charge in [0.25, 0.3) is 0 Å². The summed E-state index contributed by atoms with van der Waals surface area (Å²) in [5.41, 5.74) is 0. The molecule has 0 fully saturated rings. The molecule has 0 aliphatic rings. The van der Waals surface area contributed by atoms with E-state index in [1.165, 1.54) is 0 Å². The molecule has 0 heterocycles. The fourth-order valence-electron chi connectivity index (χ4n) is 1.38. The van der Waals surface area contributed by atoms with Gasteiger partial charge < -0.3 is 19.4 Å². The lowest BCUT2D eigenvalue weighted by Crippen LogP contribution is -2.40. The third kappa shape index (κ3) is 7.98. The van der Waals surface area contributed by atoms with Gasteiger partial charge >= 0.3 is 0 Å². The molecule has 0 aliphatic carbocycles. The van der Waals surface area contributed by atoms with Crippen molar-refractivity contribution in [1.82, 2.24) is 0 Å². The summed E-state index contributed by atoms with van der Waals surface area (Å²) < 4.78 is 11.4. The molecule has 3 atom stereocenters. The summed E-state index contributed by atoms with van der Waals surface area (Å²) in [6.07, 6.45) is 3.14. The van der Waals surface area contributed by atoms with Gasteiger partial charge in [0, 0.05) is 6.42 Å². The minimum atomic E-state index is -1.77. The largest absolute Gasteiger partial charge is 0.406 e. The number of aliphatic hydroxyl groups is 2. The second-order valence-corrected chi connectivity index (χ2v) is 11.7. The van der Waals surface area contributed by atoms with Crippen LogP contribution >= 0.6 is 0 Å². The van der Waals surface area contributed by atoms with Crippen LogP contribution < -0.4 is 0 Å². The molecular formula is C17H30O4Si. The van der Waals surface area contributed by atoms with Gasteiger partial charge in [0.1, 0.15) is 12.7 Å². The molecule has 2 N–H and O–H groups in total. The smallest absolute Gasteiger partial charge is 0.193 e. The number of aliphatic hydroxyl groups excluding tert-OH is 2. The van der Waals surface area contributed by atoms with E-state index in [9.17, 15) is 10.2 Å². The quantitative estimate of drug-likeness (QED) is 0.556. The molecule has 0 aliphatic heterocycles. The third-order valence-electron chi connectivity index (χ3n) is 3.99. The Balaban J connectivity index is 4.23. The molecule has 0 bridgehead atoms. The average molecular weight is 327 g/mol. The van der Waals surface area contributed by atoms with E-state index in [0.717, 1.165) is 0 Å². The van der Waals surface area contributed by atoms with Crippen molar-refractivity contribution in [2.24, 2.45) is 0 Å². The van der Waals surface area contributed by atoms with Crippen molar-refractivity contribution >= 4 is 8.32 Å². The highest BCUT2D eigenvalue weighted by molar-refractivity contribution is 6.74. The van der Waals surface area contributed by atoms with Crippen LogP contribution in [0.25, 0.3) is 0 Å². The molecule has 0 saturated heterocycles. The first-order valence-electron chi connectivity index (χ1n) is 7.55. The Morgan fingerprint density at radius 2 is 1.68 bits per heavy atom. The van der Waals surface area contributed by atoms with Gasteiger partial charge in [-0.25, -0.2) is 0 Å². The predicted octanol–water partition coefficient (Wildman–Crippen LogP) is 2.16. The number of hydrogen-bond donors (Lipinski definition) is 2. The van der Waals surface area contributed by atoms with Crippen molar-refractivity contribution in [3.8, 4) is 24.2 Å². The van der Waals surface area contributed by atoms with Gasteiger partial charge in [0.15, 0.2) is 8.32 Å². The Kier molecular flexibility index (Phi) is 9.00. The standard InChI is InChI=1S/C17H30O4Si/c1-8-15(19)13-16(14(2)18)20-11-9-10-12-21-22(6,7)17(3,4)5/h1,14-16,18-19H,11-13H2,2-7H3/t14-,15-,16+/m1/s1. The maximum atomic E-state index is 9.58. The molecule has 4 nitrogen and oxygen atoms in total. The summed E-state index contributed by atoms with van der Waals surface area (Å²) in [6.45, 7) is 13.0. The zero-order chi connectivity index (χ0) is 17.4. The Morgan fingerprint density at radius 3 is 2.14 bits per heavy atom. The zero-order valence-corrected chi connectivity index (χ0v) is 15.6. The van der Waals surface area contributed by atoms with Crippen molar-refractivity contribution in [2.75, 3.05) is 13.2 Å². The van der Waals surface area contributed by atoms with E-state index >= 15 is 0 Å². The lowest BCUT2D eigenvalue weighted by Gasteiger charge is -2.35. The van der Waals surface area contributed by atoms with Gasteiger partial charge in [0.2, 0.25) is 0 Å². The maximum absolute atomic E-state index is 9.58. The van der Waals surface area contributed by atoms with E-state index in [1.54, 1.807) is 6.92 Å². The molecule has 5 heteroatoms. The monoisotopic (exact) mass is 326 g/mol. The molecule has 0 saturated carbocycles. The molecule has 0 aromatic heterocycles. The van der Waals surface area contributed by atoms with Gasteiger partial charge in [-0.3, -0.25) is 0 Å². The highest BCUT2D eigenvalue weighted by Crippen LogP contribution is 2.36. The third-order valence-corrected chi connectivity index (χ3v) is 8.47. The molecular weight excluding hydrogens is 296 g/mol. The molecule has 0 aromatic rings. The second kappa shape index (κ2) is 9.35. The Morgan fingerprint density at radius 1 is 1.14 bits per heavy atom. The Hall–Kier alpha value is -0.823. The molecule has 126 valence electrons. The van der Waals surface area contributed by atoms with Crippen molar-refractivity contribution in [1.29, 1.82) is 0 Å². The van der Waals surface area contributed by atoms with E-state index < -0.39 is 26.6 Å². The van der Waals surface area contributed by atoms with E-state index in [-0.39, 0.29) is 18.1 Å². The fourth-order valence-corrected chi connectivity index (χ4v) is 2.24. The second-order valence-electron chi connectivity index (χ2n) is 6.91. The Labute approximate surface area is 136 Å². The molecule has 0 rings (SSSR count). The van der Waals surface area contributed by atoms with Crippen LogP contribution in [0.2, 0.25) is 18.1 Å². The number of hydrogen-bond acceptors (Lipinski definition) is 4. The first-order chi connectivity index (χ1) is 10.0. The van der Waals surface area contributed by atoms with Gasteiger partial charge in [-0.2, -0.15) is 0 Å². The minimum absolute atomic E-state index is 0.161. The van der Waals surface area contributed by atoms with Crippen LogP contribution in [0, 0.1) is 24.2 Å². The summed E-state index contributed by atoms with van der Waals surface area (Å²) in [4.78, 5) is 0. The predicted molar refractivity (Wildman–Crippen MR) is 91.8 cm³/mol. The SMILES string of the molecule is C#C[C@@H](O)C[C@H](OCC#CCO[Si](C)(C)C(C)(C)C)[C@@H](C)O. The van der Waals surface area contributed by atoms with Crippen LogP contribution in [-0.4, -0.2) is 50.1 Å². The lowest BCUT2D eigenvalue weighted by atomic mass is 10.1. The van der Waals surface area contributed by atoms with Crippen LogP contribution in [0.3, 0.4) is 0 Å². The van der Waals surface area contributed by atoms with Gasteiger partial charge in [-0.15, -0.1) is 6.42 Å². The maximum Gasteiger partial charge on any atom is 0.193 e. The van der Waals surface area contributed by atoms with Crippen LogP contribution in [-0.2, 0) is 9.16 Å². The van der Waals surface area contributed by atoms with Gasteiger partial charge in [0.05, 0.1) is 18.8 Å². The number of rotatable bonds is 7. The molecule has 0 aromatic carbocycles. The first kappa shape index (κ1) is 21.2. The summed E-state index contributed by atoms with van der Waals surface area (Å²) in [7, 11) is -1.77. The summed E-state index contributed by atoms with van der Waals surface area (Å²) >= 11 is 0. The summed E-state index contributed by atoms with van der Waals surface area (Å²) in [5, 5.41) is 19.1. The van der Waals surface area contributed by atoms with E-state index in [4.69, 9.17) is 15.6 Å². The van der Waals surface area contributed by atoms with Gasteiger partial charge in [-0.1, -0.05) is 38.5 Å². The normalized spacial score (nSPS) is 16.1. The molecule has 0 amide bonds. The number of terminal acetylenes is 1. The minimum Gasteiger partial charge on any atom is -0.406 e. The molecule has 0 spiro atoms. The van der Waals surface area contributed by atoms with Crippen LogP contribution in [0.1, 0.15) is 34.1 Å². The fraction of sp³-hybridized carbons (Fsp3) is 0.765. The van der Waals surface area contributed by atoms with Crippen LogP contribution in [0.15, 0.2) is 0 Å². The van der Waals surface area contributed by atoms with Crippen molar-refractivity contribution in [3.63, 3.8) is 0 Å². The highest BCUT2D eigenvalue weighted by Gasteiger charge is 2.36. The topological polar surface area (TPSA) is 58.9 Å². The Bertz CT molecular complexity index is 421. The zero-order valence-electron chi connectivity index (χ0n) is 14.6. The molecule has 0 unspecified atom stereocenters. The van der Waals surface area contributed by atoms with Crippen molar-refractivity contribution in [3.05, 3.63) is 0 Å². The van der Waals surface area contributed by atoms with Crippen LogP contribution in [0.4, 0.5) is 0 Å². The average Bonchev–Trinajstić information content (AvgIpc) is 2.39. The van der Waals surface area contributed by atoms with E-state index in [1.807, 2.05) is 0 Å². The molecule has 0 radical (unpaired) electrons. The number of ether oxygens (including phenoxy) is 1. The van der Waals surface area contributed by atoms with Gasteiger partial charge in [-0.05, 0) is 25.1 Å². The van der Waals surface area contributed by atoms with Crippen LogP contribution in [0.5, 0.6) is 0 Å². The van der Waals surface area contributed by atoms with E-state index in [0.29, 0.717) is 6.61 Å². The van der Waals surface area contributed by atoms with E-state index in [2.05, 4.69) is 51.6 Å². The van der Waals surface area contributed by atoms with Crippen molar-refractivity contribution < 1.29 is 19.4 Å². The van der Waals surface area contributed by atoms with Crippen molar-refractivity contribution in [2.45, 2.75) is 70.6 Å².